The molecule has 128 valence electrons. The molecule has 1 saturated heterocycles. The highest BCUT2D eigenvalue weighted by molar-refractivity contribution is 8.14. The summed E-state index contributed by atoms with van der Waals surface area (Å²) < 4.78 is 0. The molecule has 2 heterocycles. The Bertz CT molecular complexity index is 798. The first-order valence-corrected chi connectivity index (χ1v) is 8.90. The van der Waals surface area contributed by atoms with Gasteiger partial charge in [0.2, 0.25) is 11.8 Å². The van der Waals surface area contributed by atoms with E-state index >= 15 is 0 Å². The Morgan fingerprint density at radius 1 is 1.40 bits per heavy atom. The average Bonchev–Trinajstić information content (AvgIpc) is 2.92. The molecule has 1 aromatic rings. The van der Waals surface area contributed by atoms with Gasteiger partial charge in [0, 0.05) is 13.1 Å². The van der Waals surface area contributed by atoms with Gasteiger partial charge < -0.3 is 11.1 Å². The number of aromatic nitrogens is 1. The molecule has 0 spiro atoms. The summed E-state index contributed by atoms with van der Waals surface area (Å²) >= 11 is 1.95. The van der Waals surface area contributed by atoms with E-state index in [-0.39, 0.29) is 63.6 Å². The van der Waals surface area contributed by atoms with Gasteiger partial charge in [-0.05, 0) is 6.07 Å². The number of thioether (sulfide) groups is 2. The van der Waals surface area contributed by atoms with E-state index < -0.39 is 0 Å². The Morgan fingerprint density at radius 2 is 2.12 bits per heavy atom. The molecule has 0 radical (unpaired) electrons. The fourth-order valence-corrected chi connectivity index (χ4v) is 3.42. The molecule has 11 heteroatoms. The smallest absolute Gasteiger partial charge is 0.288 e. The van der Waals surface area contributed by atoms with Crippen molar-refractivity contribution < 1.29 is 14.4 Å². The number of rotatable bonds is 6. The van der Waals surface area contributed by atoms with Gasteiger partial charge in [0.15, 0.2) is 0 Å². The maximum Gasteiger partial charge on any atom is 0.288 e. The molecule has 0 aliphatic carbocycles. The first-order chi connectivity index (χ1) is 12.0. The van der Waals surface area contributed by atoms with Crippen molar-refractivity contribution in [1.82, 2.24) is 15.2 Å². The third kappa shape index (κ3) is 4.62. The highest BCUT2D eigenvalue weighted by Gasteiger charge is 2.29. The Kier molecular flexibility index (Phi) is 6.22. The van der Waals surface area contributed by atoms with E-state index in [1.807, 2.05) is 12.1 Å². The lowest BCUT2D eigenvalue weighted by Gasteiger charge is -2.13. The van der Waals surface area contributed by atoms with E-state index in [0.29, 0.717) is 0 Å². The van der Waals surface area contributed by atoms with Crippen LogP contribution in [0.4, 0.5) is 10.6 Å². The topological polar surface area (TPSA) is 153 Å². The molecule has 0 unspecified atom stereocenters. The van der Waals surface area contributed by atoms with Crippen molar-refractivity contribution in [2.75, 3.05) is 30.3 Å². The molecule has 25 heavy (non-hydrogen) atoms. The largest absolute Gasteiger partial charge is 0.383 e. The molecule has 0 bridgehead atoms. The third-order valence-corrected chi connectivity index (χ3v) is 4.95. The highest BCUT2D eigenvalue weighted by atomic mass is 32.2. The lowest BCUT2D eigenvalue weighted by atomic mass is 10.2. The normalized spacial score (nSPS) is 13.4. The molecule has 2 rings (SSSR count). The molecule has 0 atom stereocenters. The Balaban J connectivity index is 1.85. The van der Waals surface area contributed by atoms with E-state index in [1.54, 1.807) is 0 Å². The first-order valence-electron chi connectivity index (χ1n) is 6.93. The van der Waals surface area contributed by atoms with Crippen LogP contribution in [0.3, 0.4) is 0 Å². The summed E-state index contributed by atoms with van der Waals surface area (Å²) in [5.74, 6) is -0.512. The van der Waals surface area contributed by atoms with Crippen molar-refractivity contribution in [2.24, 2.45) is 0 Å². The number of anilines is 1. The van der Waals surface area contributed by atoms with Crippen LogP contribution in [-0.4, -0.2) is 51.5 Å². The SMILES string of the molecule is N#Cc1cc(C#N)c(SCC(=O)NCCN2C(=O)CSC2=O)nc1N. The minimum absolute atomic E-state index is 0.00651. The number of carbonyl (C=O) groups excluding carboxylic acids is 3. The quantitative estimate of drug-likeness (QED) is 0.668. The van der Waals surface area contributed by atoms with Gasteiger partial charge in [-0.3, -0.25) is 19.3 Å². The molecule has 3 amide bonds. The van der Waals surface area contributed by atoms with Crippen molar-refractivity contribution in [3.63, 3.8) is 0 Å². The van der Waals surface area contributed by atoms with Crippen molar-refractivity contribution in [1.29, 1.82) is 10.5 Å². The summed E-state index contributed by atoms with van der Waals surface area (Å²) in [5, 5.41) is 20.5. The average molecular weight is 376 g/mol. The number of imide groups is 1. The Morgan fingerprint density at radius 3 is 2.72 bits per heavy atom. The number of hydrogen-bond donors (Lipinski definition) is 2. The third-order valence-electron chi connectivity index (χ3n) is 3.10. The van der Waals surface area contributed by atoms with Crippen LogP contribution in [0.25, 0.3) is 0 Å². The van der Waals surface area contributed by atoms with E-state index in [4.69, 9.17) is 16.3 Å². The second-order valence-corrected chi connectivity index (χ2v) is 6.63. The van der Waals surface area contributed by atoms with E-state index in [0.717, 1.165) is 28.4 Å². The maximum atomic E-state index is 11.8. The molecule has 0 saturated carbocycles. The number of pyridine rings is 1. The molecule has 0 aromatic carbocycles. The van der Waals surface area contributed by atoms with Crippen molar-refractivity contribution in [2.45, 2.75) is 5.03 Å². The second kappa shape index (κ2) is 8.37. The number of carbonyl (C=O) groups is 3. The summed E-state index contributed by atoms with van der Waals surface area (Å²) in [7, 11) is 0. The predicted octanol–water partition coefficient (Wildman–Crippen LogP) is 0.311. The van der Waals surface area contributed by atoms with Crippen LogP contribution in [0.15, 0.2) is 11.1 Å². The minimum Gasteiger partial charge on any atom is -0.383 e. The van der Waals surface area contributed by atoms with Crippen LogP contribution in [0.1, 0.15) is 11.1 Å². The van der Waals surface area contributed by atoms with Crippen molar-refractivity contribution in [3.8, 4) is 12.1 Å². The second-order valence-electron chi connectivity index (χ2n) is 4.74. The standard InChI is InChI=1S/C14H12N6O3S2/c15-4-8-3-9(5-16)13(19-12(8)17)24-6-10(21)18-1-2-20-11(22)7-25-14(20)23/h3H,1-2,6-7H2,(H2,17,19)(H,18,21). The van der Waals surface area contributed by atoms with E-state index in [9.17, 15) is 14.4 Å². The fourth-order valence-electron chi connectivity index (χ4n) is 1.88. The van der Waals surface area contributed by atoms with Gasteiger partial charge >= 0.3 is 0 Å². The van der Waals surface area contributed by atoms with Crippen LogP contribution < -0.4 is 11.1 Å². The molecule has 1 fully saturated rings. The van der Waals surface area contributed by atoms with Crippen LogP contribution >= 0.6 is 23.5 Å². The van der Waals surface area contributed by atoms with Gasteiger partial charge in [0.05, 0.1) is 22.6 Å². The first kappa shape index (κ1) is 18.6. The fraction of sp³-hybridized carbons (Fsp3) is 0.286. The lowest BCUT2D eigenvalue weighted by molar-refractivity contribution is -0.125. The number of nitrogens with two attached hydrogens (primary N) is 1. The van der Waals surface area contributed by atoms with Gasteiger partial charge in [-0.1, -0.05) is 23.5 Å². The monoisotopic (exact) mass is 376 g/mol. The molecule has 3 N–H and O–H groups in total. The summed E-state index contributed by atoms with van der Waals surface area (Å²) in [6.07, 6.45) is 0. The summed E-state index contributed by atoms with van der Waals surface area (Å²) in [6, 6.07) is 5.07. The zero-order chi connectivity index (χ0) is 18.4. The number of nitrogens with one attached hydrogen (secondary N) is 1. The van der Waals surface area contributed by atoms with Crippen LogP contribution in [0, 0.1) is 22.7 Å². The van der Waals surface area contributed by atoms with Crippen LogP contribution in [0.2, 0.25) is 0 Å². The van der Waals surface area contributed by atoms with Crippen molar-refractivity contribution >= 4 is 46.4 Å². The predicted molar refractivity (Wildman–Crippen MR) is 91.4 cm³/mol. The Labute approximate surface area is 151 Å². The Hall–Kier alpha value is -2.76. The highest BCUT2D eigenvalue weighted by Crippen LogP contribution is 2.23. The van der Waals surface area contributed by atoms with Gasteiger partial charge in [-0.15, -0.1) is 0 Å². The molecule has 1 aromatic heterocycles. The molecule has 1 aliphatic heterocycles. The van der Waals surface area contributed by atoms with Crippen LogP contribution in [-0.2, 0) is 9.59 Å². The van der Waals surface area contributed by atoms with Gasteiger partial charge in [-0.2, -0.15) is 10.5 Å². The van der Waals surface area contributed by atoms with Gasteiger partial charge in [0.25, 0.3) is 5.24 Å². The summed E-state index contributed by atoms with van der Waals surface area (Å²) in [6.45, 7) is 0.262. The zero-order valence-corrected chi connectivity index (χ0v) is 14.4. The van der Waals surface area contributed by atoms with Gasteiger partial charge in [0.1, 0.15) is 23.0 Å². The number of nitriles is 2. The van der Waals surface area contributed by atoms with E-state index in [2.05, 4.69) is 10.3 Å². The maximum absolute atomic E-state index is 11.8. The number of nitrogens with zero attached hydrogens (tertiary/aromatic N) is 4. The molecule has 1 aliphatic rings. The number of nitrogen functional groups attached to an aromatic ring is 1. The molecule has 9 nitrogen and oxygen atoms in total. The number of amides is 3. The van der Waals surface area contributed by atoms with Crippen LogP contribution in [0.5, 0.6) is 0 Å². The summed E-state index contributed by atoms with van der Waals surface area (Å²) in [5.41, 5.74) is 5.87. The molecular formula is C14H12N6O3S2. The lowest BCUT2D eigenvalue weighted by Crippen LogP contribution is -2.38. The zero-order valence-electron chi connectivity index (χ0n) is 12.8. The summed E-state index contributed by atoms with van der Waals surface area (Å²) in [4.78, 5) is 39.7. The van der Waals surface area contributed by atoms with Crippen molar-refractivity contribution in [3.05, 3.63) is 17.2 Å². The van der Waals surface area contributed by atoms with E-state index in [1.165, 1.54) is 6.07 Å². The number of hydrogen-bond acceptors (Lipinski definition) is 9. The van der Waals surface area contributed by atoms with Gasteiger partial charge in [-0.25, -0.2) is 4.98 Å². The minimum atomic E-state index is -0.342. The molecular weight excluding hydrogens is 364 g/mol.